The lowest BCUT2D eigenvalue weighted by Crippen LogP contribution is -2.61. The molecule has 13 heteroatoms. The second-order valence-electron chi connectivity index (χ2n) is 16.3. The molecule has 0 aliphatic heterocycles. The van der Waals surface area contributed by atoms with Gasteiger partial charge in [-0.1, -0.05) is 103 Å². The second-order valence-corrected chi connectivity index (χ2v) is 16.3. The fraction of sp³-hybridized carbons (Fsp3) is 0.522. The molecule has 6 amide bonds. The monoisotopic (exact) mass is 814 g/mol. The van der Waals surface area contributed by atoms with E-state index in [0.29, 0.717) is 12.8 Å². The third-order valence-electron chi connectivity index (χ3n) is 12.0. The van der Waals surface area contributed by atoms with Crippen LogP contribution in [0.1, 0.15) is 79.4 Å². The first-order chi connectivity index (χ1) is 27.8. The number of likely N-dealkylation sites (N-methyl/N-ethyl adjacent to an activating group) is 5. The van der Waals surface area contributed by atoms with E-state index in [4.69, 9.17) is 0 Å². The first-order valence-electron chi connectivity index (χ1n) is 20.7. The predicted molar refractivity (Wildman–Crippen MR) is 234 cm³/mol. The van der Waals surface area contributed by atoms with E-state index in [1.807, 2.05) is 108 Å². The van der Waals surface area contributed by atoms with Gasteiger partial charge in [-0.2, -0.15) is 0 Å². The molecule has 0 bridgehead atoms. The molecular weight excluding hydrogens is 747 g/mol. The predicted octanol–water partition coefficient (Wildman–Crippen LogP) is 5.42. The molecule has 2 N–H and O–H groups in total. The lowest BCUT2D eigenvalue weighted by atomic mass is 9.92. The maximum absolute atomic E-state index is 14.5. The van der Waals surface area contributed by atoms with Crippen molar-refractivity contribution in [1.29, 1.82) is 0 Å². The van der Waals surface area contributed by atoms with Crippen molar-refractivity contribution in [3.05, 3.63) is 78.1 Å². The minimum absolute atomic E-state index is 0.207. The maximum Gasteiger partial charge on any atom is 0.246 e. The highest BCUT2D eigenvalue weighted by Gasteiger charge is 2.42. The van der Waals surface area contributed by atoms with Crippen molar-refractivity contribution >= 4 is 52.4 Å². The molecule has 3 aromatic rings. The highest BCUT2D eigenvalue weighted by atomic mass is 16.2. The van der Waals surface area contributed by atoms with Crippen molar-refractivity contribution in [2.24, 2.45) is 17.8 Å². The molecule has 0 fully saturated rings. The number of fused-ring (bicyclic) bond motifs is 1. The van der Waals surface area contributed by atoms with Gasteiger partial charge in [0.1, 0.15) is 30.2 Å². The van der Waals surface area contributed by atoms with Crippen molar-refractivity contribution in [3.63, 3.8) is 0 Å². The van der Waals surface area contributed by atoms with Gasteiger partial charge in [-0.05, 0) is 42.4 Å². The van der Waals surface area contributed by atoms with Crippen LogP contribution in [0.25, 0.3) is 17.0 Å². The second kappa shape index (κ2) is 21.5. The lowest BCUT2D eigenvalue weighted by molar-refractivity contribution is -0.156. The molecule has 0 aliphatic carbocycles. The SMILES string of the molecule is CC[C@H](C)C(C(=O)N/C=C\c1c[nH]c2ccccc12)N(C)C(=O)[C@H]([C@@H](C)CC)N(C)C(=O)[C@H](C)N(C)C(=O)[C@H](C(C)C)N(C)C(=O)[C@@H](Cc1ccccc1)N(C)C(C)=O. The Morgan fingerprint density at radius 2 is 1.17 bits per heavy atom. The van der Waals surface area contributed by atoms with Crippen LogP contribution < -0.4 is 5.32 Å². The fourth-order valence-corrected chi connectivity index (χ4v) is 7.64. The number of aromatic nitrogens is 1. The van der Waals surface area contributed by atoms with Crippen molar-refractivity contribution in [2.75, 3.05) is 35.2 Å². The molecule has 1 heterocycles. The number of amides is 6. The van der Waals surface area contributed by atoms with E-state index in [9.17, 15) is 28.8 Å². The number of nitrogens with one attached hydrogen (secondary N) is 2. The number of hydrogen-bond donors (Lipinski definition) is 2. The number of nitrogens with zero attached hydrogens (tertiary/aromatic N) is 5. The van der Waals surface area contributed by atoms with Gasteiger partial charge in [0.25, 0.3) is 0 Å². The Labute approximate surface area is 351 Å². The largest absolute Gasteiger partial charge is 0.361 e. The Balaban J connectivity index is 1.84. The van der Waals surface area contributed by atoms with Crippen LogP contribution in [0.3, 0.4) is 0 Å². The molecule has 1 unspecified atom stereocenters. The molecule has 59 heavy (non-hydrogen) atoms. The number of carbonyl (C=O) groups is 6. The first-order valence-corrected chi connectivity index (χ1v) is 20.7. The molecule has 13 nitrogen and oxygen atoms in total. The van der Waals surface area contributed by atoms with E-state index in [2.05, 4.69) is 10.3 Å². The van der Waals surface area contributed by atoms with Crippen LogP contribution in [-0.2, 0) is 35.2 Å². The van der Waals surface area contributed by atoms with Gasteiger partial charge < -0.3 is 34.8 Å². The summed E-state index contributed by atoms with van der Waals surface area (Å²) in [4.78, 5) is 93.8. The van der Waals surface area contributed by atoms with E-state index in [0.717, 1.165) is 22.0 Å². The summed E-state index contributed by atoms with van der Waals surface area (Å²) in [6.45, 7) is 14.4. The smallest absolute Gasteiger partial charge is 0.246 e. The summed E-state index contributed by atoms with van der Waals surface area (Å²) in [5.41, 5.74) is 2.75. The normalized spacial score (nSPS) is 15.1. The molecule has 7 atom stereocenters. The highest BCUT2D eigenvalue weighted by Crippen LogP contribution is 2.24. The third-order valence-corrected chi connectivity index (χ3v) is 12.0. The van der Waals surface area contributed by atoms with Gasteiger partial charge in [0.15, 0.2) is 0 Å². The van der Waals surface area contributed by atoms with E-state index >= 15 is 0 Å². The van der Waals surface area contributed by atoms with Crippen LogP contribution in [0, 0.1) is 17.8 Å². The molecular formula is C46H67N7O6. The number of hydrogen-bond acceptors (Lipinski definition) is 6. The summed E-state index contributed by atoms with van der Waals surface area (Å²) in [5, 5.41) is 3.90. The number of H-pyrrole nitrogens is 1. The third kappa shape index (κ3) is 11.4. The van der Waals surface area contributed by atoms with Crippen molar-refractivity contribution in [2.45, 2.75) is 105 Å². The molecule has 0 saturated heterocycles. The zero-order chi connectivity index (χ0) is 44.3. The number of aromatic amines is 1. The molecule has 2 aromatic carbocycles. The summed E-state index contributed by atoms with van der Waals surface area (Å²) in [5.74, 6) is -3.18. The molecule has 1 aromatic heterocycles. The van der Waals surface area contributed by atoms with E-state index in [1.54, 1.807) is 41.3 Å². The number of benzene rings is 2. The Morgan fingerprint density at radius 1 is 0.644 bits per heavy atom. The molecule has 322 valence electrons. The number of para-hydroxylation sites is 1. The first kappa shape index (κ1) is 47.9. The van der Waals surface area contributed by atoms with Gasteiger partial charge in [-0.25, -0.2) is 0 Å². The van der Waals surface area contributed by atoms with E-state index in [-0.39, 0.29) is 41.9 Å². The van der Waals surface area contributed by atoms with Gasteiger partial charge >= 0.3 is 0 Å². The van der Waals surface area contributed by atoms with Gasteiger partial charge in [0, 0.05) is 77.4 Å². The summed E-state index contributed by atoms with van der Waals surface area (Å²) in [6.07, 6.45) is 6.71. The molecule has 0 aliphatic rings. The van der Waals surface area contributed by atoms with Crippen molar-refractivity contribution in [3.8, 4) is 0 Å². The zero-order valence-corrected chi connectivity index (χ0v) is 37.4. The minimum Gasteiger partial charge on any atom is -0.361 e. The average Bonchev–Trinajstić information content (AvgIpc) is 3.64. The quantitative estimate of drug-likeness (QED) is 0.165. The lowest BCUT2D eigenvalue weighted by Gasteiger charge is -2.41. The summed E-state index contributed by atoms with van der Waals surface area (Å²) in [7, 11) is 7.81. The summed E-state index contributed by atoms with van der Waals surface area (Å²) < 4.78 is 0. The Kier molecular flexibility index (Phi) is 17.5. The van der Waals surface area contributed by atoms with Crippen LogP contribution in [0.4, 0.5) is 0 Å². The van der Waals surface area contributed by atoms with E-state index < -0.39 is 47.9 Å². The fourth-order valence-electron chi connectivity index (χ4n) is 7.64. The number of carbonyl (C=O) groups excluding carboxylic acids is 6. The van der Waals surface area contributed by atoms with Crippen molar-refractivity contribution < 1.29 is 28.8 Å². The summed E-state index contributed by atoms with van der Waals surface area (Å²) in [6, 6.07) is 12.6. The van der Waals surface area contributed by atoms with Crippen LogP contribution in [-0.4, -0.2) is 130 Å². The molecule has 0 saturated carbocycles. The zero-order valence-electron chi connectivity index (χ0n) is 37.4. The van der Waals surface area contributed by atoms with Crippen LogP contribution in [0.15, 0.2) is 67.0 Å². The molecule has 0 radical (unpaired) electrons. The van der Waals surface area contributed by atoms with Crippen molar-refractivity contribution in [1.82, 2.24) is 34.8 Å². The Bertz CT molecular complexity index is 1940. The van der Waals surface area contributed by atoms with Crippen LogP contribution in [0.2, 0.25) is 0 Å². The van der Waals surface area contributed by atoms with E-state index in [1.165, 1.54) is 38.5 Å². The average molecular weight is 814 g/mol. The maximum atomic E-state index is 14.5. The summed E-state index contributed by atoms with van der Waals surface area (Å²) >= 11 is 0. The Morgan fingerprint density at radius 3 is 1.75 bits per heavy atom. The highest BCUT2D eigenvalue weighted by molar-refractivity contribution is 5.97. The minimum atomic E-state index is -1.01. The number of rotatable bonds is 19. The van der Waals surface area contributed by atoms with Gasteiger partial charge in [-0.15, -0.1) is 0 Å². The molecule has 0 spiro atoms. The van der Waals surface area contributed by atoms with Gasteiger partial charge in [0.2, 0.25) is 35.4 Å². The standard InChI is InChI=1S/C46H67N7O6/c1-14-30(5)40(42(55)47-26-25-35-28-48-37-24-20-19-23-36(35)37)52(12)46(59)41(31(6)15-2)53(13)43(56)32(7)49(9)45(58)39(29(3)4)51(11)44(57)38(50(10)33(8)54)27-34-21-17-16-18-22-34/h16-26,28-32,38-41,48H,14-15,27H2,1-13H3,(H,47,55)/b26-25-/t30-,31-,32-,38+,39-,40?,41-/m0/s1. The topological polar surface area (TPSA) is 146 Å². The van der Waals surface area contributed by atoms with Crippen LogP contribution in [0.5, 0.6) is 0 Å². The van der Waals surface area contributed by atoms with Crippen LogP contribution >= 0.6 is 0 Å². The van der Waals surface area contributed by atoms with Gasteiger partial charge in [0.05, 0.1) is 0 Å². The molecule has 3 rings (SSSR count). The Hall–Kier alpha value is -5.46. The van der Waals surface area contributed by atoms with Gasteiger partial charge in [-0.3, -0.25) is 28.8 Å².